The van der Waals surface area contributed by atoms with Crippen LogP contribution in [-0.2, 0) is 17.8 Å². The van der Waals surface area contributed by atoms with E-state index in [2.05, 4.69) is 20.5 Å². The standard InChI is InChI=1S/C13H13N5OS/c14-5-13-17-10(7-20-13)4-12(19)16-9-2-1-8-6-15-18-11(8)3-9/h1-3,6-7H,4-5,14H2,(H,15,18)(H,16,19). The smallest absolute Gasteiger partial charge is 0.230 e. The fraction of sp³-hybridized carbons (Fsp3) is 0.154. The molecular weight excluding hydrogens is 274 g/mol. The molecule has 6 nitrogen and oxygen atoms in total. The van der Waals surface area contributed by atoms with Crippen LogP contribution in [0.25, 0.3) is 10.9 Å². The van der Waals surface area contributed by atoms with Crippen molar-refractivity contribution in [1.29, 1.82) is 0 Å². The van der Waals surface area contributed by atoms with Gasteiger partial charge in [-0.15, -0.1) is 11.3 Å². The number of carbonyl (C=O) groups excluding carboxylic acids is 1. The summed E-state index contributed by atoms with van der Waals surface area (Å²) in [6, 6.07) is 5.61. The number of aromatic nitrogens is 3. The van der Waals surface area contributed by atoms with E-state index < -0.39 is 0 Å². The molecule has 7 heteroatoms. The molecule has 0 saturated carbocycles. The summed E-state index contributed by atoms with van der Waals surface area (Å²) in [6.07, 6.45) is 1.99. The van der Waals surface area contributed by atoms with Crippen molar-refractivity contribution in [2.45, 2.75) is 13.0 Å². The van der Waals surface area contributed by atoms with Gasteiger partial charge in [0, 0.05) is 23.0 Å². The van der Waals surface area contributed by atoms with Crippen LogP contribution in [0.15, 0.2) is 29.8 Å². The number of thiazole rings is 1. The molecule has 0 aliphatic heterocycles. The van der Waals surface area contributed by atoms with E-state index in [1.165, 1.54) is 11.3 Å². The van der Waals surface area contributed by atoms with Gasteiger partial charge in [-0.25, -0.2) is 4.98 Å². The number of aromatic amines is 1. The summed E-state index contributed by atoms with van der Waals surface area (Å²) in [5.41, 5.74) is 7.87. The highest BCUT2D eigenvalue weighted by molar-refractivity contribution is 7.09. The molecule has 3 rings (SSSR count). The normalized spacial score (nSPS) is 10.8. The van der Waals surface area contributed by atoms with E-state index >= 15 is 0 Å². The molecule has 0 atom stereocenters. The summed E-state index contributed by atoms with van der Waals surface area (Å²) >= 11 is 1.47. The third-order valence-corrected chi connectivity index (χ3v) is 3.76. The van der Waals surface area contributed by atoms with Gasteiger partial charge in [-0.2, -0.15) is 5.10 Å². The fourth-order valence-corrected chi connectivity index (χ4v) is 2.58. The lowest BCUT2D eigenvalue weighted by Crippen LogP contribution is -2.14. The van der Waals surface area contributed by atoms with Crippen molar-refractivity contribution in [3.63, 3.8) is 0 Å². The SMILES string of the molecule is NCc1nc(CC(=O)Nc2ccc3cn[nH]c3c2)cs1. The fourth-order valence-electron chi connectivity index (χ4n) is 1.91. The van der Waals surface area contributed by atoms with Crippen molar-refractivity contribution in [3.8, 4) is 0 Å². The molecule has 0 radical (unpaired) electrons. The number of anilines is 1. The first kappa shape index (κ1) is 12.8. The first-order chi connectivity index (χ1) is 9.74. The van der Waals surface area contributed by atoms with E-state index in [9.17, 15) is 4.79 Å². The predicted molar refractivity (Wildman–Crippen MR) is 78.4 cm³/mol. The number of fused-ring (bicyclic) bond motifs is 1. The highest BCUT2D eigenvalue weighted by atomic mass is 32.1. The lowest BCUT2D eigenvalue weighted by atomic mass is 10.2. The quantitative estimate of drug-likeness (QED) is 0.680. The Bertz CT molecular complexity index is 748. The van der Waals surface area contributed by atoms with Crippen molar-refractivity contribution in [1.82, 2.24) is 15.2 Å². The molecule has 0 saturated heterocycles. The summed E-state index contributed by atoms with van der Waals surface area (Å²) in [7, 11) is 0. The number of amides is 1. The first-order valence-electron chi connectivity index (χ1n) is 6.11. The van der Waals surface area contributed by atoms with Crippen molar-refractivity contribution in [2.75, 3.05) is 5.32 Å². The molecule has 0 fully saturated rings. The number of nitrogens with two attached hydrogens (primary N) is 1. The first-order valence-corrected chi connectivity index (χ1v) is 6.99. The topological polar surface area (TPSA) is 96.7 Å². The van der Waals surface area contributed by atoms with Gasteiger partial charge >= 0.3 is 0 Å². The Labute approximate surface area is 119 Å². The van der Waals surface area contributed by atoms with Crippen LogP contribution in [0.2, 0.25) is 0 Å². The number of hydrogen-bond acceptors (Lipinski definition) is 5. The van der Waals surface area contributed by atoms with Crippen LogP contribution < -0.4 is 11.1 Å². The van der Waals surface area contributed by atoms with E-state index in [-0.39, 0.29) is 12.3 Å². The molecule has 0 aliphatic rings. The van der Waals surface area contributed by atoms with Gasteiger partial charge in [0.15, 0.2) is 0 Å². The molecule has 4 N–H and O–H groups in total. The van der Waals surface area contributed by atoms with Gasteiger partial charge in [-0.1, -0.05) is 0 Å². The predicted octanol–water partition coefficient (Wildman–Crippen LogP) is 1.66. The second-order valence-corrected chi connectivity index (χ2v) is 5.28. The van der Waals surface area contributed by atoms with Gasteiger partial charge in [0.25, 0.3) is 0 Å². The number of hydrogen-bond donors (Lipinski definition) is 3. The molecular formula is C13H13N5OS. The summed E-state index contributed by atoms with van der Waals surface area (Å²) in [5.74, 6) is -0.0993. The highest BCUT2D eigenvalue weighted by Crippen LogP contribution is 2.17. The zero-order valence-electron chi connectivity index (χ0n) is 10.6. The molecule has 1 amide bonds. The average Bonchev–Trinajstić information content (AvgIpc) is 3.06. The molecule has 3 aromatic rings. The Balaban J connectivity index is 1.68. The van der Waals surface area contributed by atoms with E-state index in [4.69, 9.17) is 5.73 Å². The number of carbonyl (C=O) groups is 1. The molecule has 0 bridgehead atoms. The van der Waals surface area contributed by atoms with Gasteiger partial charge in [-0.3, -0.25) is 9.89 Å². The van der Waals surface area contributed by atoms with Crippen LogP contribution >= 0.6 is 11.3 Å². The second kappa shape index (κ2) is 5.40. The Morgan fingerprint density at radius 2 is 2.35 bits per heavy atom. The Morgan fingerprint density at radius 3 is 3.15 bits per heavy atom. The minimum atomic E-state index is -0.0993. The zero-order chi connectivity index (χ0) is 13.9. The molecule has 0 spiro atoms. The van der Waals surface area contributed by atoms with Gasteiger partial charge < -0.3 is 11.1 Å². The lowest BCUT2D eigenvalue weighted by Gasteiger charge is -2.03. The number of nitrogens with one attached hydrogen (secondary N) is 2. The molecule has 2 aromatic heterocycles. The molecule has 1 aromatic carbocycles. The maximum atomic E-state index is 12.0. The van der Waals surface area contributed by atoms with Crippen molar-refractivity contribution < 1.29 is 4.79 Å². The third-order valence-electron chi connectivity index (χ3n) is 2.84. The number of rotatable bonds is 4. The van der Waals surface area contributed by atoms with E-state index in [1.807, 2.05) is 23.6 Å². The third kappa shape index (κ3) is 2.68. The minimum absolute atomic E-state index is 0.0993. The Hall–Kier alpha value is -2.25. The largest absolute Gasteiger partial charge is 0.326 e. The van der Waals surface area contributed by atoms with Gasteiger partial charge in [0.2, 0.25) is 5.91 Å². The van der Waals surface area contributed by atoms with Crippen LogP contribution in [0.5, 0.6) is 0 Å². The maximum Gasteiger partial charge on any atom is 0.230 e. The summed E-state index contributed by atoms with van der Waals surface area (Å²) in [6.45, 7) is 0.406. The highest BCUT2D eigenvalue weighted by Gasteiger charge is 2.08. The number of H-pyrrole nitrogens is 1. The van der Waals surface area contributed by atoms with E-state index in [0.717, 1.165) is 27.3 Å². The maximum absolute atomic E-state index is 12.0. The Morgan fingerprint density at radius 1 is 1.45 bits per heavy atom. The summed E-state index contributed by atoms with van der Waals surface area (Å²) < 4.78 is 0. The Kier molecular flexibility index (Phi) is 3.44. The van der Waals surface area contributed by atoms with E-state index in [1.54, 1.807) is 6.20 Å². The number of benzene rings is 1. The molecule has 0 unspecified atom stereocenters. The molecule has 0 aliphatic carbocycles. The van der Waals surface area contributed by atoms with E-state index in [0.29, 0.717) is 6.54 Å². The molecule has 102 valence electrons. The van der Waals surface area contributed by atoms with Crippen molar-refractivity contribution in [3.05, 3.63) is 40.5 Å². The van der Waals surface area contributed by atoms with Crippen LogP contribution in [0.3, 0.4) is 0 Å². The van der Waals surface area contributed by atoms with Gasteiger partial charge in [0.05, 0.1) is 23.8 Å². The zero-order valence-corrected chi connectivity index (χ0v) is 11.4. The summed E-state index contributed by atoms with van der Waals surface area (Å²) in [5, 5.41) is 13.4. The summed E-state index contributed by atoms with van der Waals surface area (Å²) in [4.78, 5) is 16.2. The van der Waals surface area contributed by atoms with Gasteiger partial charge in [-0.05, 0) is 18.2 Å². The number of nitrogens with zero attached hydrogens (tertiary/aromatic N) is 2. The monoisotopic (exact) mass is 287 g/mol. The van der Waals surface area contributed by atoms with Crippen LogP contribution in [-0.4, -0.2) is 21.1 Å². The average molecular weight is 287 g/mol. The van der Waals surface area contributed by atoms with Crippen LogP contribution in [0.4, 0.5) is 5.69 Å². The van der Waals surface area contributed by atoms with Crippen LogP contribution in [0.1, 0.15) is 10.7 Å². The van der Waals surface area contributed by atoms with Crippen LogP contribution in [0, 0.1) is 0 Å². The molecule has 2 heterocycles. The second-order valence-electron chi connectivity index (χ2n) is 4.33. The van der Waals surface area contributed by atoms with Crippen molar-refractivity contribution >= 4 is 33.8 Å². The van der Waals surface area contributed by atoms with Gasteiger partial charge in [0.1, 0.15) is 5.01 Å². The lowest BCUT2D eigenvalue weighted by molar-refractivity contribution is -0.115. The molecule has 20 heavy (non-hydrogen) atoms. The minimum Gasteiger partial charge on any atom is -0.326 e. The van der Waals surface area contributed by atoms with Crippen molar-refractivity contribution in [2.24, 2.45) is 5.73 Å².